The Morgan fingerprint density at radius 3 is 2.26 bits per heavy atom. The van der Waals surface area contributed by atoms with Gasteiger partial charge in [0.2, 0.25) is 0 Å². The summed E-state index contributed by atoms with van der Waals surface area (Å²) in [6, 6.07) is -0.785. The van der Waals surface area contributed by atoms with Crippen LogP contribution in [0.3, 0.4) is 0 Å². The maximum Gasteiger partial charge on any atom is 0.355 e. The second kappa shape index (κ2) is 7.57. The van der Waals surface area contributed by atoms with Crippen molar-refractivity contribution in [2.45, 2.75) is 40.7 Å². The molecule has 1 aromatic rings. The highest BCUT2D eigenvalue weighted by Gasteiger charge is 2.21. The summed E-state index contributed by atoms with van der Waals surface area (Å²) in [6.07, 6.45) is 0. The molecule has 0 bridgehead atoms. The predicted molar refractivity (Wildman–Crippen MR) is 82.4 cm³/mol. The van der Waals surface area contributed by atoms with Gasteiger partial charge in [0.1, 0.15) is 5.69 Å². The SMILES string of the molecule is CC(=O)c1c(C)[nH]c(C(=O)OCC(=O)NC(=O)NC(C)C)c1C. The minimum Gasteiger partial charge on any atom is -0.451 e. The number of aryl methyl sites for hydroxylation is 1. The summed E-state index contributed by atoms with van der Waals surface area (Å²) in [5.41, 5.74) is 1.57. The molecular weight excluding hydrogens is 302 g/mol. The maximum absolute atomic E-state index is 12.0. The van der Waals surface area contributed by atoms with Crippen LogP contribution in [0.1, 0.15) is 52.9 Å². The summed E-state index contributed by atoms with van der Waals surface area (Å²) >= 11 is 0. The zero-order valence-corrected chi connectivity index (χ0v) is 13.8. The summed E-state index contributed by atoms with van der Waals surface area (Å²) in [5, 5.41) is 4.51. The zero-order valence-electron chi connectivity index (χ0n) is 13.8. The molecule has 0 aliphatic carbocycles. The van der Waals surface area contributed by atoms with Crippen molar-refractivity contribution in [2.75, 3.05) is 6.61 Å². The van der Waals surface area contributed by atoms with Crippen LogP contribution in [0, 0.1) is 13.8 Å². The highest BCUT2D eigenvalue weighted by Crippen LogP contribution is 2.19. The van der Waals surface area contributed by atoms with E-state index >= 15 is 0 Å². The molecule has 8 nitrogen and oxygen atoms in total. The molecule has 0 spiro atoms. The number of hydrogen-bond donors (Lipinski definition) is 3. The molecule has 1 aromatic heterocycles. The number of ketones is 1. The number of aromatic amines is 1. The lowest BCUT2D eigenvalue weighted by Gasteiger charge is -2.09. The third-order valence-corrected chi connectivity index (χ3v) is 3.00. The van der Waals surface area contributed by atoms with Crippen LogP contribution >= 0.6 is 0 Å². The highest BCUT2D eigenvalue weighted by molar-refractivity contribution is 6.02. The smallest absolute Gasteiger partial charge is 0.355 e. The van der Waals surface area contributed by atoms with Gasteiger partial charge in [-0.1, -0.05) is 0 Å². The number of nitrogens with one attached hydrogen (secondary N) is 3. The average Bonchev–Trinajstić information content (AvgIpc) is 2.70. The van der Waals surface area contributed by atoms with Gasteiger partial charge in [0.05, 0.1) is 0 Å². The molecule has 8 heteroatoms. The molecule has 0 saturated heterocycles. The molecule has 0 aromatic carbocycles. The molecule has 3 amide bonds. The van der Waals surface area contributed by atoms with Crippen molar-refractivity contribution < 1.29 is 23.9 Å². The first-order valence-electron chi connectivity index (χ1n) is 7.11. The fourth-order valence-corrected chi connectivity index (χ4v) is 2.15. The molecule has 0 fully saturated rings. The molecule has 0 unspecified atom stereocenters. The lowest BCUT2D eigenvalue weighted by Crippen LogP contribution is -2.44. The Bertz CT molecular complexity index is 646. The van der Waals surface area contributed by atoms with E-state index in [0.29, 0.717) is 16.8 Å². The fraction of sp³-hybridized carbons (Fsp3) is 0.467. The van der Waals surface area contributed by atoms with Crippen LogP contribution in [0.15, 0.2) is 0 Å². The van der Waals surface area contributed by atoms with Crippen molar-refractivity contribution in [3.05, 3.63) is 22.5 Å². The first-order valence-corrected chi connectivity index (χ1v) is 7.11. The van der Waals surface area contributed by atoms with E-state index in [0.717, 1.165) is 0 Å². The largest absolute Gasteiger partial charge is 0.451 e. The molecule has 0 aliphatic rings. The Kier molecular flexibility index (Phi) is 6.06. The number of ether oxygens (including phenoxy) is 1. The summed E-state index contributed by atoms with van der Waals surface area (Å²) in [6.45, 7) is 7.58. The van der Waals surface area contributed by atoms with Crippen LogP contribution in [0.2, 0.25) is 0 Å². The standard InChI is InChI=1S/C15H21N3O5/c1-7(2)16-15(22)18-11(20)6-23-14(21)13-8(3)12(10(5)19)9(4)17-13/h7,17H,6H2,1-5H3,(H2,16,18,20,22). The van der Waals surface area contributed by atoms with Crippen LogP contribution in [0.25, 0.3) is 0 Å². The van der Waals surface area contributed by atoms with Crippen molar-refractivity contribution in [2.24, 2.45) is 0 Å². The number of carbonyl (C=O) groups is 4. The van der Waals surface area contributed by atoms with Gasteiger partial charge in [-0.15, -0.1) is 0 Å². The molecule has 0 radical (unpaired) electrons. The Hall–Kier alpha value is -2.64. The van der Waals surface area contributed by atoms with Crippen molar-refractivity contribution in [1.29, 1.82) is 0 Å². The lowest BCUT2D eigenvalue weighted by molar-refractivity contribution is -0.123. The van der Waals surface area contributed by atoms with Gasteiger partial charge in [-0.25, -0.2) is 9.59 Å². The van der Waals surface area contributed by atoms with E-state index in [1.807, 2.05) is 5.32 Å². The number of Topliss-reactive ketones (excluding diaryl/α,β-unsaturated/α-hetero) is 1. The van der Waals surface area contributed by atoms with Crippen molar-refractivity contribution >= 4 is 23.7 Å². The molecule has 126 valence electrons. The van der Waals surface area contributed by atoms with E-state index in [-0.39, 0.29) is 17.5 Å². The fourth-order valence-electron chi connectivity index (χ4n) is 2.15. The normalized spacial score (nSPS) is 10.3. The monoisotopic (exact) mass is 323 g/mol. The quantitative estimate of drug-likeness (QED) is 0.556. The van der Waals surface area contributed by atoms with Gasteiger partial charge in [-0.05, 0) is 40.2 Å². The topological polar surface area (TPSA) is 117 Å². The third kappa shape index (κ3) is 4.94. The number of imide groups is 1. The van der Waals surface area contributed by atoms with Gasteiger partial charge in [0.25, 0.3) is 5.91 Å². The molecule has 3 N–H and O–H groups in total. The van der Waals surface area contributed by atoms with Gasteiger partial charge in [-0.3, -0.25) is 14.9 Å². The summed E-state index contributed by atoms with van der Waals surface area (Å²) in [4.78, 5) is 49.1. The molecule has 1 rings (SSSR count). The minimum atomic E-state index is -0.766. The zero-order chi connectivity index (χ0) is 17.7. The number of urea groups is 1. The lowest BCUT2D eigenvalue weighted by atomic mass is 10.1. The number of carbonyl (C=O) groups excluding carboxylic acids is 4. The first-order chi connectivity index (χ1) is 10.6. The second-order valence-corrected chi connectivity index (χ2v) is 5.43. The molecule has 23 heavy (non-hydrogen) atoms. The molecule has 0 saturated carbocycles. The second-order valence-electron chi connectivity index (χ2n) is 5.43. The van der Waals surface area contributed by atoms with Crippen LogP contribution in [-0.4, -0.2) is 41.3 Å². The first kappa shape index (κ1) is 18.4. The third-order valence-electron chi connectivity index (χ3n) is 3.00. The number of rotatable bonds is 5. The number of H-pyrrole nitrogens is 1. The van der Waals surface area contributed by atoms with E-state index in [2.05, 4.69) is 10.3 Å². The Morgan fingerprint density at radius 1 is 1.17 bits per heavy atom. The van der Waals surface area contributed by atoms with Crippen LogP contribution < -0.4 is 10.6 Å². The van der Waals surface area contributed by atoms with Gasteiger partial charge >= 0.3 is 12.0 Å². The Morgan fingerprint density at radius 2 is 1.78 bits per heavy atom. The summed E-state index contributed by atoms with van der Waals surface area (Å²) in [5.74, 6) is -1.68. The summed E-state index contributed by atoms with van der Waals surface area (Å²) in [7, 11) is 0. The molecule has 1 heterocycles. The Labute approximate surface area is 134 Å². The molecule has 0 atom stereocenters. The minimum absolute atomic E-state index is 0.118. The molecule has 0 aliphatic heterocycles. The molecular formula is C15H21N3O5. The van der Waals surface area contributed by atoms with Crippen LogP contribution in [0.5, 0.6) is 0 Å². The number of hydrogen-bond acceptors (Lipinski definition) is 5. The van der Waals surface area contributed by atoms with E-state index in [9.17, 15) is 19.2 Å². The highest BCUT2D eigenvalue weighted by atomic mass is 16.5. The average molecular weight is 323 g/mol. The number of amides is 3. The van der Waals surface area contributed by atoms with E-state index < -0.39 is 24.5 Å². The van der Waals surface area contributed by atoms with Crippen LogP contribution in [-0.2, 0) is 9.53 Å². The van der Waals surface area contributed by atoms with Gasteiger partial charge in [0, 0.05) is 17.3 Å². The van der Waals surface area contributed by atoms with Crippen molar-refractivity contribution in [1.82, 2.24) is 15.6 Å². The van der Waals surface area contributed by atoms with Crippen molar-refractivity contribution in [3.8, 4) is 0 Å². The predicted octanol–water partition coefficient (Wildman–Crippen LogP) is 1.23. The van der Waals surface area contributed by atoms with Crippen LogP contribution in [0.4, 0.5) is 4.79 Å². The summed E-state index contributed by atoms with van der Waals surface area (Å²) < 4.78 is 4.85. The number of aromatic nitrogens is 1. The maximum atomic E-state index is 12.0. The van der Waals surface area contributed by atoms with Gasteiger partial charge in [-0.2, -0.15) is 0 Å². The van der Waals surface area contributed by atoms with Gasteiger partial charge in [0.15, 0.2) is 12.4 Å². The van der Waals surface area contributed by atoms with E-state index in [1.165, 1.54) is 6.92 Å². The van der Waals surface area contributed by atoms with E-state index in [1.54, 1.807) is 27.7 Å². The van der Waals surface area contributed by atoms with E-state index in [4.69, 9.17) is 4.74 Å². The van der Waals surface area contributed by atoms with Gasteiger partial charge < -0.3 is 15.0 Å². The number of esters is 1. The Balaban J connectivity index is 2.64. The van der Waals surface area contributed by atoms with Crippen molar-refractivity contribution in [3.63, 3.8) is 0 Å².